The number of nitrogens with zero attached hydrogens (tertiary/aromatic N) is 1. The molecule has 11 heavy (non-hydrogen) atoms. The van der Waals surface area contributed by atoms with Gasteiger partial charge in [-0.25, -0.2) is 0 Å². The molecule has 1 atom stereocenters. The molecule has 0 aliphatic carbocycles. The zero-order valence-electron chi connectivity index (χ0n) is 7.71. The van der Waals surface area contributed by atoms with Crippen LogP contribution in [0.5, 0.6) is 0 Å². The van der Waals surface area contributed by atoms with Crippen molar-refractivity contribution in [3.63, 3.8) is 0 Å². The summed E-state index contributed by atoms with van der Waals surface area (Å²) in [4.78, 5) is 2.34. The quantitative estimate of drug-likeness (QED) is 0.771. The summed E-state index contributed by atoms with van der Waals surface area (Å²) < 4.78 is 0. The van der Waals surface area contributed by atoms with Gasteiger partial charge in [-0.15, -0.1) is 24.0 Å². The normalized spacial score (nSPS) is 12.8. The van der Waals surface area contributed by atoms with Crippen LogP contribution in [0.2, 0.25) is 0 Å². The fourth-order valence-electron chi connectivity index (χ4n) is 1.22. The highest BCUT2D eigenvalue weighted by molar-refractivity contribution is 14.0. The number of aliphatic hydroxyl groups is 1. The lowest BCUT2D eigenvalue weighted by Crippen LogP contribution is -2.33. The van der Waals surface area contributed by atoms with Gasteiger partial charge in [0, 0.05) is 12.6 Å². The zero-order valence-corrected chi connectivity index (χ0v) is 10.0. The SMILES string of the molecule is CCN(CC)C(C)CCO.I. The van der Waals surface area contributed by atoms with Crippen molar-refractivity contribution in [1.29, 1.82) is 0 Å². The summed E-state index contributed by atoms with van der Waals surface area (Å²) in [5.41, 5.74) is 0. The molecule has 0 heterocycles. The number of hydrogen-bond donors (Lipinski definition) is 1. The van der Waals surface area contributed by atoms with E-state index >= 15 is 0 Å². The molecule has 1 N–H and O–H groups in total. The van der Waals surface area contributed by atoms with Crippen LogP contribution in [-0.2, 0) is 0 Å². The van der Waals surface area contributed by atoms with Gasteiger partial charge < -0.3 is 10.0 Å². The maximum Gasteiger partial charge on any atom is 0.0445 e. The molecule has 0 fully saturated rings. The molecule has 0 spiro atoms. The molecule has 3 heteroatoms. The van der Waals surface area contributed by atoms with E-state index in [9.17, 15) is 0 Å². The number of hydrogen-bond acceptors (Lipinski definition) is 2. The largest absolute Gasteiger partial charge is 0.396 e. The molecular formula is C8H20INO. The van der Waals surface area contributed by atoms with Crippen LogP contribution in [0.1, 0.15) is 27.2 Å². The lowest BCUT2D eigenvalue weighted by atomic mass is 10.2. The van der Waals surface area contributed by atoms with Gasteiger partial charge >= 0.3 is 0 Å². The predicted octanol–water partition coefficient (Wildman–Crippen LogP) is 1.72. The molecular weight excluding hydrogens is 253 g/mol. The topological polar surface area (TPSA) is 23.5 Å². The van der Waals surface area contributed by atoms with E-state index in [1.807, 2.05) is 0 Å². The number of rotatable bonds is 5. The van der Waals surface area contributed by atoms with E-state index in [2.05, 4.69) is 25.7 Å². The lowest BCUT2D eigenvalue weighted by molar-refractivity contribution is 0.181. The van der Waals surface area contributed by atoms with Crippen molar-refractivity contribution in [2.24, 2.45) is 0 Å². The minimum Gasteiger partial charge on any atom is -0.396 e. The Balaban J connectivity index is 0. The molecule has 0 aliphatic heterocycles. The van der Waals surface area contributed by atoms with Crippen LogP contribution in [0.3, 0.4) is 0 Å². The van der Waals surface area contributed by atoms with Crippen molar-refractivity contribution in [3.05, 3.63) is 0 Å². The number of halogens is 1. The Morgan fingerprint density at radius 1 is 1.27 bits per heavy atom. The van der Waals surface area contributed by atoms with Crippen molar-refractivity contribution in [2.45, 2.75) is 33.2 Å². The highest BCUT2D eigenvalue weighted by atomic mass is 127. The van der Waals surface area contributed by atoms with E-state index in [0.29, 0.717) is 12.6 Å². The lowest BCUT2D eigenvalue weighted by Gasteiger charge is -2.25. The van der Waals surface area contributed by atoms with Gasteiger partial charge in [0.05, 0.1) is 0 Å². The summed E-state index contributed by atoms with van der Waals surface area (Å²) in [6.07, 6.45) is 0.891. The van der Waals surface area contributed by atoms with Gasteiger partial charge in [-0.2, -0.15) is 0 Å². The van der Waals surface area contributed by atoms with E-state index in [4.69, 9.17) is 5.11 Å². The summed E-state index contributed by atoms with van der Waals surface area (Å²) in [5, 5.41) is 8.65. The predicted molar refractivity (Wildman–Crippen MR) is 59.5 cm³/mol. The Bertz CT molecular complexity index is 76.5. The standard InChI is InChI=1S/C8H19NO.HI/c1-4-9(5-2)8(3)6-7-10;/h8,10H,4-7H2,1-3H3;1H. The zero-order chi connectivity index (χ0) is 7.98. The molecule has 0 aromatic heterocycles. The van der Waals surface area contributed by atoms with Crippen molar-refractivity contribution < 1.29 is 5.11 Å². The maximum atomic E-state index is 8.65. The highest BCUT2D eigenvalue weighted by Gasteiger charge is 2.07. The van der Waals surface area contributed by atoms with Crippen LogP contribution >= 0.6 is 24.0 Å². The molecule has 2 nitrogen and oxygen atoms in total. The first-order chi connectivity index (χ1) is 4.76. The second-order valence-electron chi connectivity index (χ2n) is 2.58. The van der Waals surface area contributed by atoms with Crippen LogP contribution in [0, 0.1) is 0 Å². The van der Waals surface area contributed by atoms with E-state index in [0.717, 1.165) is 19.5 Å². The maximum absolute atomic E-state index is 8.65. The highest BCUT2D eigenvalue weighted by Crippen LogP contribution is 2.01. The van der Waals surface area contributed by atoms with Gasteiger partial charge in [0.15, 0.2) is 0 Å². The van der Waals surface area contributed by atoms with E-state index in [1.165, 1.54) is 0 Å². The Kier molecular flexibility index (Phi) is 11.3. The molecule has 0 radical (unpaired) electrons. The molecule has 0 rings (SSSR count). The van der Waals surface area contributed by atoms with Crippen LogP contribution in [0.4, 0.5) is 0 Å². The van der Waals surface area contributed by atoms with Crippen LogP contribution in [0.25, 0.3) is 0 Å². The van der Waals surface area contributed by atoms with Gasteiger partial charge in [-0.1, -0.05) is 13.8 Å². The Morgan fingerprint density at radius 3 is 2.00 bits per heavy atom. The number of aliphatic hydroxyl groups excluding tert-OH is 1. The third kappa shape index (κ3) is 5.87. The molecule has 1 unspecified atom stereocenters. The van der Waals surface area contributed by atoms with Crippen molar-refractivity contribution in [2.75, 3.05) is 19.7 Å². The van der Waals surface area contributed by atoms with E-state index in [-0.39, 0.29) is 24.0 Å². The molecule has 0 amide bonds. The van der Waals surface area contributed by atoms with Crippen molar-refractivity contribution in [3.8, 4) is 0 Å². The minimum absolute atomic E-state index is 0. The molecule has 0 aromatic carbocycles. The van der Waals surface area contributed by atoms with Crippen molar-refractivity contribution >= 4 is 24.0 Å². The van der Waals surface area contributed by atoms with Gasteiger partial charge in [-0.3, -0.25) is 0 Å². The van der Waals surface area contributed by atoms with Crippen molar-refractivity contribution in [1.82, 2.24) is 4.90 Å². The first kappa shape index (κ1) is 14.2. The van der Waals surface area contributed by atoms with Gasteiger partial charge in [0.1, 0.15) is 0 Å². The smallest absolute Gasteiger partial charge is 0.0445 e. The first-order valence-corrected chi connectivity index (χ1v) is 4.11. The van der Waals surface area contributed by atoms with Gasteiger partial charge in [0.25, 0.3) is 0 Å². The summed E-state index contributed by atoms with van der Waals surface area (Å²) in [7, 11) is 0. The summed E-state index contributed by atoms with van der Waals surface area (Å²) in [6, 6.07) is 0.528. The fraction of sp³-hybridized carbons (Fsp3) is 1.00. The Morgan fingerprint density at radius 2 is 1.73 bits per heavy atom. The van der Waals surface area contributed by atoms with Crippen LogP contribution < -0.4 is 0 Å². The van der Waals surface area contributed by atoms with E-state index < -0.39 is 0 Å². The van der Waals surface area contributed by atoms with Crippen LogP contribution in [-0.4, -0.2) is 35.7 Å². The first-order valence-electron chi connectivity index (χ1n) is 4.11. The van der Waals surface area contributed by atoms with Gasteiger partial charge in [0.2, 0.25) is 0 Å². The third-order valence-electron chi connectivity index (χ3n) is 1.98. The molecule has 0 saturated heterocycles. The average molecular weight is 273 g/mol. The monoisotopic (exact) mass is 273 g/mol. The Labute approximate surface area is 87.0 Å². The third-order valence-corrected chi connectivity index (χ3v) is 1.98. The van der Waals surface area contributed by atoms with E-state index in [1.54, 1.807) is 0 Å². The summed E-state index contributed by atoms with van der Waals surface area (Å²) in [5.74, 6) is 0. The molecule has 0 saturated carbocycles. The summed E-state index contributed by atoms with van der Waals surface area (Å²) >= 11 is 0. The van der Waals surface area contributed by atoms with Gasteiger partial charge in [-0.05, 0) is 26.4 Å². The fourth-order valence-corrected chi connectivity index (χ4v) is 1.22. The molecule has 0 aliphatic rings. The molecule has 0 bridgehead atoms. The summed E-state index contributed by atoms with van der Waals surface area (Å²) in [6.45, 7) is 8.92. The Hall–Kier alpha value is 0.650. The van der Waals surface area contributed by atoms with Crippen LogP contribution in [0.15, 0.2) is 0 Å². The molecule has 70 valence electrons. The minimum atomic E-state index is 0. The average Bonchev–Trinajstić information content (AvgIpc) is 1.91. The second-order valence-corrected chi connectivity index (χ2v) is 2.58. The second kappa shape index (κ2) is 8.74. The molecule has 0 aromatic rings.